The van der Waals surface area contributed by atoms with E-state index >= 15 is 0 Å². The van der Waals surface area contributed by atoms with Crippen LogP contribution in [0.5, 0.6) is 0 Å². The van der Waals surface area contributed by atoms with Crippen molar-refractivity contribution in [2.45, 2.75) is 52.1 Å². The van der Waals surface area contributed by atoms with Crippen molar-refractivity contribution in [2.75, 3.05) is 7.05 Å². The summed E-state index contributed by atoms with van der Waals surface area (Å²) in [6.07, 6.45) is 5.10. The van der Waals surface area contributed by atoms with E-state index in [9.17, 15) is 0 Å². The smallest absolute Gasteiger partial charge is 0.0996 e. The molecule has 1 heterocycles. The minimum absolute atomic E-state index is 0.516. The molecule has 1 aliphatic rings. The average molecular weight is 222 g/mol. The van der Waals surface area contributed by atoms with Gasteiger partial charge in [0.15, 0.2) is 0 Å². The van der Waals surface area contributed by atoms with Crippen LogP contribution in [0.15, 0.2) is 0 Å². The fourth-order valence-electron chi connectivity index (χ4n) is 2.47. The van der Waals surface area contributed by atoms with E-state index in [4.69, 9.17) is 0 Å². The minimum atomic E-state index is 0.516. The van der Waals surface area contributed by atoms with Gasteiger partial charge in [-0.1, -0.05) is 18.6 Å². The Bertz CT molecular complexity index is 341. The minimum Gasteiger partial charge on any atom is -0.314 e. The van der Waals surface area contributed by atoms with E-state index in [1.807, 2.05) is 7.05 Å². The van der Waals surface area contributed by atoms with Gasteiger partial charge in [-0.25, -0.2) is 4.68 Å². The van der Waals surface area contributed by atoms with Crippen LogP contribution >= 0.6 is 0 Å². The average Bonchev–Trinajstić information content (AvgIpc) is 2.58. The van der Waals surface area contributed by atoms with E-state index in [1.54, 1.807) is 0 Å². The van der Waals surface area contributed by atoms with Crippen LogP contribution in [0.1, 0.15) is 50.5 Å². The lowest BCUT2D eigenvalue weighted by Gasteiger charge is -2.32. The fourth-order valence-corrected chi connectivity index (χ4v) is 2.47. The number of hydrogen-bond acceptors (Lipinski definition) is 3. The highest BCUT2D eigenvalue weighted by Crippen LogP contribution is 2.36. The van der Waals surface area contributed by atoms with Crippen LogP contribution in [0.4, 0.5) is 0 Å². The molecule has 0 spiro atoms. The van der Waals surface area contributed by atoms with Crippen LogP contribution in [-0.4, -0.2) is 22.0 Å². The van der Waals surface area contributed by atoms with Crippen molar-refractivity contribution in [3.63, 3.8) is 0 Å². The van der Waals surface area contributed by atoms with Crippen molar-refractivity contribution in [1.29, 1.82) is 0 Å². The second-order valence-electron chi connectivity index (χ2n) is 4.74. The Kier molecular flexibility index (Phi) is 3.59. The number of aromatic nitrogens is 3. The summed E-state index contributed by atoms with van der Waals surface area (Å²) in [5, 5.41) is 11.8. The van der Waals surface area contributed by atoms with Gasteiger partial charge in [0.2, 0.25) is 0 Å². The fraction of sp³-hybridized carbons (Fsp3) is 0.833. The van der Waals surface area contributed by atoms with Crippen LogP contribution < -0.4 is 5.32 Å². The molecule has 1 N–H and O–H groups in total. The Labute approximate surface area is 97.4 Å². The molecular weight excluding hydrogens is 200 g/mol. The maximum absolute atomic E-state index is 4.34. The Morgan fingerprint density at radius 3 is 2.75 bits per heavy atom. The van der Waals surface area contributed by atoms with E-state index in [0.29, 0.717) is 6.04 Å². The summed E-state index contributed by atoms with van der Waals surface area (Å²) in [7, 11) is 1.95. The summed E-state index contributed by atoms with van der Waals surface area (Å²) in [6.45, 7) is 5.28. The van der Waals surface area contributed by atoms with Crippen molar-refractivity contribution in [2.24, 2.45) is 5.92 Å². The molecule has 1 aliphatic carbocycles. The largest absolute Gasteiger partial charge is 0.314 e. The van der Waals surface area contributed by atoms with Gasteiger partial charge in [0.1, 0.15) is 0 Å². The highest BCUT2D eigenvalue weighted by molar-refractivity contribution is 5.11. The van der Waals surface area contributed by atoms with Gasteiger partial charge in [-0.05, 0) is 39.2 Å². The van der Waals surface area contributed by atoms with Gasteiger partial charge in [0, 0.05) is 6.54 Å². The van der Waals surface area contributed by atoms with Crippen molar-refractivity contribution in [3.8, 4) is 0 Å². The molecule has 0 radical (unpaired) electrons. The topological polar surface area (TPSA) is 42.7 Å². The molecule has 1 atom stereocenters. The Hall–Kier alpha value is -0.900. The number of nitrogens with one attached hydrogen (secondary N) is 1. The van der Waals surface area contributed by atoms with Gasteiger partial charge >= 0.3 is 0 Å². The van der Waals surface area contributed by atoms with E-state index in [0.717, 1.165) is 24.6 Å². The lowest BCUT2D eigenvalue weighted by Crippen LogP contribution is -2.25. The summed E-state index contributed by atoms with van der Waals surface area (Å²) < 4.78 is 2.15. The van der Waals surface area contributed by atoms with E-state index in [1.165, 1.54) is 25.0 Å². The SMILES string of the molecule is CCc1c(CNC)nnn1C(C)C1CCC1. The second-order valence-corrected chi connectivity index (χ2v) is 4.74. The summed E-state index contributed by atoms with van der Waals surface area (Å²) in [4.78, 5) is 0. The van der Waals surface area contributed by atoms with Crippen LogP contribution in [0, 0.1) is 5.92 Å². The van der Waals surface area contributed by atoms with E-state index < -0.39 is 0 Å². The van der Waals surface area contributed by atoms with E-state index in [-0.39, 0.29) is 0 Å². The zero-order chi connectivity index (χ0) is 11.5. The molecule has 0 aliphatic heterocycles. The van der Waals surface area contributed by atoms with Crippen molar-refractivity contribution in [1.82, 2.24) is 20.3 Å². The molecule has 1 aromatic heterocycles. The second kappa shape index (κ2) is 4.95. The molecule has 1 fully saturated rings. The zero-order valence-corrected chi connectivity index (χ0v) is 10.5. The summed E-state index contributed by atoms with van der Waals surface area (Å²) in [5.41, 5.74) is 2.41. The first-order valence-electron chi connectivity index (χ1n) is 6.35. The molecule has 1 aromatic rings. The molecule has 4 heteroatoms. The summed E-state index contributed by atoms with van der Waals surface area (Å²) >= 11 is 0. The molecule has 0 saturated heterocycles. The molecule has 16 heavy (non-hydrogen) atoms. The molecule has 1 saturated carbocycles. The highest BCUT2D eigenvalue weighted by Gasteiger charge is 2.27. The van der Waals surface area contributed by atoms with E-state index in [2.05, 4.69) is 34.2 Å². The summed E-state index contributed by atoms with van der Waals surface area (Å²) in [6, 6.07) is 0.516. The van der Waals surface area contributed by atoms with Crippen molar-refractivity contribution < 1.29 is 0 Å². The standard InChI is InChI=1S/C12H22N4/c1-4-12-11(8-13-3)14-15-16(12)9(2)10-6-5-7-10/h9-10,13H,4-8H2,1-3H3. The maximum Gasteiger partial charge on any atom is 0.0996 e. The highest BCUT2D eigenvalue weighted by atomic mass is 15.4. The van der Waals surface area contributed by atoms with Crippen LogP contribution in [0.3, 0.4) is 0 Å². The molecule has 4 nitrogen and oxygen atoms in total. The Morgan fingerprint density at radius 1 is 1.50 bits per heavy atom. The van der Waals surface area contributed by atoms with Gasteiger partial charge in [-0.3, -0.25) is 0 Å². The number of hydrogen-bond donors (Lipinski definition) is 1. The summed E-state index contributed by atoms with van der Waals surface area (Å²) in [5.74, 6) is 0.814. The quantitative estimate of drug-likeness (QED) is 0.827. The third kappa shape index (κ3) is 1.98. The Balaban J connectivity index is 2.18. The van der Waals surface area contributed by atoms with Crippen molar-refractivity contribution >= 4 is 0 Å². The first-order chi connectivity index (χ1) is 7.77. The van der Waals surface area contributed by atoms with Gasteiger partial charge in [0.05, 0.1) is 17.4 Å². The first kappa shape index (κ1) is 11.6. The van der Waals surface area contributed by atoms with Crippen molar-refractivity contribution in [3.05, 3.63) is 11.4 Å². The first-order valence-corrected chi connectivity index (χ1v) is 6.35. The molecular formula is C12H22N4. The van der Waals surface area contributed by atoms with Gasteiger partial charge in [-0.2, -0.15) is 0 Å². The molecule has 90 valence electrons. The van der Waals surface area contributed by atoms with Crippen LogP contribution in [-0.2, 0) is 13.0 Å². The Morgan fingerprint density at radius 2 is 2.25 bits per heavy atom. The number of nitrogens with zero attached hydrogens (tertiary/aromatic N) is 3. The molecule has 1 unspecified atom stereocenters. The predicted octanol–water partition coefficient (Wildman–Crippen LogP) is 1.92. The lowest BCUT2D eigenvalue weighted by atomic mass is 9.80. The predicted molar refractivity (Wildman–Crippen MR) is 64.2 cm³/mol. The van der Waals surface area contributed by atoms with Crippen LogP contribution in [0.2, 0.25) is 0 Å². The zero-order valence-electron chi connectivity index (χ0n) is 10.5. The molecule has 0 aromatic carbocycles. The van der Waals surface area contributed by atoms with Crippen LogP contribution in [0.25, 0.3) is 0 Å². The molecule has 0 amide bonds. The molecule has 0 bridgehead atoms. The van der Waals surface area contributed by atoms with Gasteiger partial charge in [-0.15, -0.1) is 5.10 Å². The number of rotatable bonds is 5. The molecule has 2 rings (SSSR count). The monoisotopic (exact) mass is 222 g/mol. The van der Waals surface area contributed by atoms with Gasteiger partial charge < -0.3 is 5.32 Å². The van der Waals surface area contributed by atoms with Gasteiger partial charge in [0.25, 0.3) is 0 Å². The maximum atomic E-state index is 4.34. The third-order valence-electron chi connectivity index (χ3n) is 3.77. The normalized spacial score (nSPS) is 18.4. The third-order valence-corrected chi connectivity index (χ3v) is 3.77. The lowest BCUT2D eigenvalue weighted by molar-refractivity contribution is 0.205.